The van der Waals surface area contributed by atoms with E-state index in [1.807, 2.05) is 19.2 Å². The first-order valence-electron chi connectivity index (χ1n) is 13.2. The van der Waals surface area contributed by atoms with Gasteiger partial charge in [0, 0.05) is 24.8 Å². The van der Waals surface area contributed by atoms with Gasteiger partial charge in [-0.2, -0.15) is 0 Å². The van der Waals surface area contributed by atoms with Crippen LogP contribution in [0.4, 0.5) is 4.79 Å². The Balaban J connectivity index is 2.73. The number of esters is 1. The highest BCUT2D eigenvalue weighted by Crippen LogP contribution is 2.65. The number of piperidine rings is 1. The van der Waals surface area contributed by atoms with Crippen molar-refractivity contribution in [3.05, 3.63) is 0 Å². The second-order valence-electron chi connectivity index (χ2n) is 8.80. The SMILES string of the molecule is [2H]C([2H])([2H])C([C@H](NC(=O)OC(C)(C)C)C(=O)N1C[C@H]2C([C@H]1C(=O)OC)C2(C)C)(C([2H])([2H])[2H])C([2H])([2H])[2H]. The number of nitrogens with zero attached hydrogens (tertiary/aromatic N) is 1. The number of fused-ring (bicyclic) bond motifs is 1. The summed E-state index contributed by atoms with van der Waals surface area (Å²) in [6.45, 7) is -3.31. The van der Waals surface area contributed by atoms with E-state index in [1.165, 1.54) is 20.8 Å². The minimum absolute atomic E-state index is 0.0815. The van der Waals surface area contributed by atoms with Gasteiger partial charge in [0.15, 0.2) is 0 Å². The minimum Gasteiger partial charge on any atom is -0.467 e. The van der Waals surface area contributed by atoms with E-state index in [-0.39, 0.29) is 23.8 Å². The molecule has 2 rings (SSSR count). The molecular weight excluding hydrogens is 348 g/mol. The van der Waals surface area contributed by atoms with Crippen LogP contribution >= 0.6 is 0 Å². The topological polar surface area (TPSA) is 84.9 Å². The van der Waals surface area contributed by atoms with E-state index in [9.17, 15) is 14.4 Å². The molecule has 0 bridgehead atoms. The van der Waals surface area contributed by atoms with Crippen molar-refractivity contribution in [3.63, 3.8) is 0 Å². The van der Waals surface area contributed by atoms with E-state index in [0.29, 0.717) is 0 Å². The van der Waals surface area contributed by atoms with Crippen LogP contribution < -0.4 is 5.32 Å². The molecule has 0 aromatic carbocycles. The monoisotopic (exact) mass is 391 g/mol. The zero-order valence-corrected chi connectivity index (χ0v) is 16.5. The second kappa shape index (κ2) is 6.67. The van der Waals surface area contributed by atoms with Gasteiger partial charge < -0.3 is 19.7 Å². The largest absolute Gasteiger partial charge is 0.467 e. The summed E-state index contributed by atoms with van der Waals surface area (Å²) in [4.78, 5) is 40.2. The molecule has 2 aliphatic rings. The number of rotatable bonds is 3. The summed E-state index contributed by atoms with van der Waals surface area (Å²) in [7, 11) is 1.10. The van der Waals surface area contributed by atoms with Crippen molar-refractivity contribution in [2.75, 3.05) is 13.7 Å². The molecule has 0 spiro atoms. The highest BCUT2D eigenvalue weighted by molar-refractivity contribution is 5.91. The first-order chi connectivity index (χ1) is 15.9. The molecule has 1 aliphatic carbocycles. The highest BCUT2D eigenvalue weighted by atomic mass is 16.6. The van der Waals surface area contributed by atoms with E-state index in [4.69, 9.17) is 21.8 Å². The van der Waals surface area contributed by atoms with Crippen molar-refractivity contribution >= 4 is 18.0 Å². The number of carbonyl (C=O) groups is 3. The van der Waals surface area contributed by atoms with Crippen LogP contribution in [0.5, 0.6) is 0 Å². The Morgan fingerprint density at radius 2 is 1.81 bits per heavy atom. The predicted octanol–water partition coefficient (Wildman–Crippen LogP) is 2.58. The van der Waals surface area contributed by atoms with Crippen LogP contribution in [0.2, 0.25) is 0 Å². The molecule has 154 valence electrons. The van der Waals surface area contributed by atoms with Crippen molar-refractivity contribution in [1.82, 2.24) is 10.2 Å². The fourth-order valence-electron chi connectivity index (χ4n) is 3.85. The lowest BCUT2D eigenvalue weighted by molar-refractivity contribution is -0.154. The lowest BCUT2D eigenvalue weighted by Crippen LogP contribution is -2.58. The van der Waals surface area contributed by atoms with Crippen LogP contribution in [0.15, 0.2) is 0 Å². The molecule has 0 aromatic heterocycles. The smallest absolute Gasteiger partial charge is 0.408 e. The summed E-state index contributed by atoms with van der Waals surface area (Å²) < 4.78 is 82.0. The molecule has 4 atom stereocenters. The molecule has 1 saturated carbocycles. The number of likely N-dealkylation sites (tertiary alicyclic amines) is 1. The van der Waals surface area contributed by atoms with Crippen molar-refractivity contribution in [2.45, 2.75) is 72.9 Å². The van der Waals surface area contributed by atoms with Crippen LogP contribution in [0, 0.1) is 22.7 Å². The highest BCUT2D eigenvalue weighted by Gasteiger charge is 2.70. The molecule has 1 aliphatic heterocycles. The normalized spacial score (nSPS) is 33.8. The van der Waals surface area contributed by atoms with E-state index in [1.54, 1.807) is 0 Å². The van der Waals surface area contributed by atoms with Crippen LogP contribution in [-0.4, -0.2) is 54.2 Å². The Kier molecular flexibility index (Phi) is 2.95. The molecule has 7 heteroatoms. The van der Waals surface area contributed by atoms with Gasteiger partial charge in [0.1, 0.15) is 17.7 Å². The van der Waals surface area contributed by atoms with Crippen molar-refractivity contribution < 1.29 is 36.2 Å². The number of carbonyl (C=O) groups excluding carboxylic acids is 3. The first kappa shape index (κ1) is 11.9. The third-order valence-electron chi connectivity index (χ3n) is 5.28. The second-order valence-corrected chi connectivity index (χ2v) is 8.80. The quantitative estimate of drug-likeness (QED) is 0.748. The Morgan fingerprint density at radius 3 is 2.30 bits per heavy atom. The molecule has 1 N–H and O–H groups in total. The van der Waals surface area contributed by atoms with Crippen LogP contribution in [0.3, 0.4) is 0 Å². The predicted molar refractivity (Wildman–Crippen MR) is 101 cm³/mol. The molecule has 1 heterocycles. The van der Waals surface area contributed by atoms with Gasteiger partial charge in [-0.3, -0.25) is 4.79 Å². The standard InChI is InChI=1S/C20H34N2O5/c1-18(2,3)14(21-17(25)27-19(4,5)6)15(23)22-10-11-12(20(11,7)8)13(22)16(24)26-9/h11-14H,10H2,1-9H3,(H,21,25)/t11-,12?,13-,14+/m0/s1/i1D3,2D3,3D3. The maximum Gasteiger partial charge on any atom is 0.408 e. The molecular formula is C20H34N2O5. The number of nitrogens with one attached hydrogen (secondary N) is 1. The van der Waals surface area contributed by atoms with Gasteiger partial charge in [-0.05, 0) is 37.5 Å². The molecule has 0 radical (unpaired) electrons. The Hall–Kier alpha value is -1.79. The van der Waals surface area contributed by atoms with Crippen molar-refractivity contribution in [3.8, 4) is 0 Å². The summed E-state index contributed by atoms with van der Waals surface area (Å²) in [6, 6.07) is -3.83. The number of ether oxygens (including phenoxy) is 2. The summed E-state index contributed by atoms with van der Waals surface area (Å²) in [6.07, 6.45) is -1.39. The Morgan fingerprint density at radius 1 is 1.22 bits per heavy atom. The van der Waals surface area contributed by atoms with Gasteiger partial charge in [0.25, 0.3) is 0 Å². The number of methoxy groups -OCH3 is 1. The molecule has 7 nitrogen and oxygen atoms in total. The van der Waals surface area contributed by atoms with E-state index < -0.39 is 61.6 Å². The average Bonchev–Trinajstić information content (AvgIpc) is 2.96. The lowest BCUT2D eigenvalue weighted by Gasteiger charge is -2.37. The van der Waals surface area contributed by atoms with Gasteiger partial charge in [-0.1, -0.05) is 34.4 Å². The van der Waals surface area contributed by atoms with Gasteiger partial charge in [-0.25, -0.2) is 9.59 Å². The van der Waals surface area contributed by atoms with Gasteiger partial charge >= 0.3 is 12.1 Å². The Labute approximate surface area is 174 Å². The van der Waals surface area contributed by atoms with Crippen molar-refractivity contribution in [2.24, 2.45) is 22.7 Å². The van der Waals surface area contributed by atoms with E-state index in [0.717, 1.165) is 12.0 Å². The van der Waals surface area contributed by atoms with Crippen LogP contribution in [0.25, 0.3) is 0 Å². The molecule has 2 amide bonds. The third-order valence-corrected chi connectivity index (χ3v) is 5.28. The number of hydrogen-bond donors (Lipinski definition) is 1. The molecule has 2 fully saturated rings. The van der Waals surface area contributed by atoms with Gasteiger partial charge in [0.05, 0.1) is 7.11 Å². The fraction of sp³-hybridized carbons (Fsp3) is 0.850. The van der Waals surface area contributed by atoms with E-state index in [2.05, 4.69) is 0 Å². The lowest BCUT2D eigenvalue weighted by atomic mass is 9.85. The summed E-state index contributed by atoms with van der Waals surface area (Å²) in [5, 5.41) is 1.95. The van der Waals surface area contributed by atoms with Crippen molar-refractivity contribution in [1.29, 1.82) is 0 Å². The maximum atomic E-state index is 13.9. The van der Waals surface area contributed by atoms with E-state index >= 15 is 0 Å². The number of hydrogen-bond acceptors (Lipinski definition) is 5. The van der Waals surface area contributed by atoms with Gasteiger partial charge in [-0.15, -0.1) is 0 Å². The summed E-state index contributed by atoms with van der Waals surface area (Å²) >= 11 is 0. The number of amides is 2. The number of alkyl carbamates (subject to hydrolysis) is 1. The minimum atomic E-state index is -3.79. The summed E-state index contributed by atoms with van der Waals surface area (Å²) in [5.41, 5.74) is -5.24. The Bertz CT molecular complexity index is 869. The third kappa shape index (κ3) is 4.22. The molecule has 1 unspecified atom stereocenters. The molecule has 0 aromatic rings. The fourth-order valence-corrected chi connectivity index (χ4v) is 3.85. The van der Waals surface area contributed by atoms with Crippen LogP contribution in [-0.2, 0) is 19.1 Å². The molecule has 1 saturated heterocycles. The maximum absolute atomic E-state index is 13.9. The van der Waals surface area contributed by atoms with Gasteiger partial charge in [0.2, 0.25) is 5.91 Å². The first-order valence-corrected chi connectivity index (χ1v) is 8.74. The zero-order chi connectivity index (χ0) is 28.4. The molecule has 27 heavy (non-hydrogen) atoms. The summed E-state index contributed by atoms with van der Waals surface area (Å²) in [5.74, 6) is -2.73. The zero-order valence-electron chi connectivity index (χ0n) is 25.5. The van der Waals surface area contributed by atoms with Crippen LogP contribution in [0.1, 0.15) is 67.5 Å². The average molecular weight is 392 g/mol.